The van der Waals surface area contributed by atoms with Crippen LogP contribution in [0.15, 0.2) is 140 Å². The summed E-state index contributed by atoms with van der Waals surface area (Å²) < 4.78 is 1.15. The number of hydrogen-bond acceptors (Lipinski definition) is 0. The van der Waals surface area contributed by atoms with Crippen LogP contribution in [-0.4, -0.2) is 3.21 Å². The predicted octanol–water partition coefficient (Wildman–Crippen LogP) is 10.6. The van der Waals surface area contributed by atoms with Gasteiger partial charge in [0.1, 0.15) is 0 Å². The molecule has 6 aromatic rings. The molecule has 0 bridgehead atoms. The molecule has 38 heavy (non-hydrogen) atoms. The Kier molecular flexibility index (Phi) is 10.1. The minimum atomic E-state index is -2.44. The van der Waals surface area contributed by atoms with Crippen LogP contribution in [0.5, 0.6) is 0 Å². The van der Waals surface area contributed by atoms with Crippen LogP contribution in [0.25, 0.3) is 21.5 Å². The van der Waals surface area contributed by atoms with Gasteiger partial charge in [0.25, 0.3) is 0 Å². The number of halogens is 2. The molecule has 0 saturated heterocycles. The maximum atomic E-state index is 6.24. The summed E-state index contributed by atoms with van der Waals surface area (Å²) in [6.07, 6.45) is 0. The van der Waals surface area contributed by atoms with Crippen molar-refractivity contribution in [3.8, 4) is 0 Å². The Bertz CT molecular complexity index is 1470. The maximum absolute atomic E-state index is 6.24. The van der Waals surface area contributed by atoms with E-state index in [9.17, 15) is 0 Å². The smallest absolute Gasteiger partial charge is 0.172 e. The van der Waals surface area contributed by atoms with Crippen molar-refractivity contribution in [2.24, 2.45) is 0 Å². The van der Waals surface area contributed by atoms with E-state index in [1.165, 1.54) is 27.1 Å². The first kappa shape index (κ1) is 28.4. The van der Waals surface area contributed by atoms with E-state index in [4.69, 9.17) is 17.0 Å². The first-order valence-electron chi connectivity index (χ1n) is 12.8. The maximum Gasteiger partial charge on any atom is -0.172 e. The number of benzene rings is 4. The molecule has 0 N–H and O–H groups in total. The zero-order valence-electron chi connectivity index (χ0n) is 22.0. The van der Waals surface area contributed by atoms with Gasteiger partial charge in [0.05, 0.1) is 0 Å². The number of hydrogen-bond donors (Lipinski definition) is 0. The third-order valence-corrected chi connectivity index (χ3v) is 10.9. The van der Waals surface area contributed by atoms with Crippen LogP contribution in [0.2, 0.25) is 0 Å². The average Bonchev–Trinajstić information content (AvgIpc) is 3.61. The van der Waals surface area contributed by atoms with Gasteiger partial charge >= 0.3 is 111 Å². The monoisotopic (exact) mass is 612 g/mol. The Hall–Kier alpha value is -2.57. The van der Waals surface area contributed by atoms with Crippen molar-refractivity contribution in [2.75, 3.05) is 0 Å². The Morgan fingerprint density at radius 3 is 1.32 bits per heavy atom. The summed E-state index contributed by atoms with van der Waals surface area (Å²) in [7, 11) is 12.5. The van der Waals surface area contributed by atoms with Gasteiger partial charge in [0.15, 0.2) is 0 Å². The van der Waals surface area contributed by atoms with Gasteiger partial charge in [-0.15, -0.1) is 39.2 Å². The van der Waals surface area contributed by atoms with Crippen molar-refractivity contribution in [3.63, 3.8) is 0 Å². The summed E-state index contributed by atoms with van der Waals surface area (Å²) in [5.74, 6) is 0. The molecule has 0 fully saturated rings. The minimum Gasteiger partial charge on any atom is -0.214 e. The fourth-order valence-corrected chi connectivity index (χ4v) is 9.21. The van der Waals surface area contributed by atoms with E-state index in [-0.39, 0.29) is 5.41 Å². The van der Waals surface area contributed by atoms with Gasteiger partial charge in [0.2, 0.25) is 0 Å². The molecule has 6 rings (SSSR count). The summed E-state index contributed by atoms with van der Waals surface area (Å²) in [5.41, 5.74) is 3.95. The fraction of sp³-hybridized carbons (Fsp3) is 0.114. The Morgan fingerprint density at radius 2 is 0.974 bits per heavy atom. The molecule has 0 unspecified atom stereocenters. The summed E-state index contributed by atoms with van der Waals surface area (Å²) >= 11 is -2.44. The first-order chi connectivity index (χ1) is 18.4. The van der Waals surface area contributed by atoms with Crippen LogP contribution in [0.3, 0.4) is 0 Å². The van der Waals surface area contributed by atoms with Crippen LogP contribution < -0.4 is 0 Å². The third kappa shape index (κ3) is 7.09. The van der Waals surface area contributed by atoms with E-state index >= 15 is 0 Å². The first-order valence-corrected chi connectivity index (χ1v) is 20.3. The molecule has 0 aliphatic rings. The van der Waals surface area contributed by atoms with E-state index in [1.807, 2.05) is 66.7 Å². The molecule has 0 atom stereocenters. The van der Waals surface area contributed by atoms with E-state index in [1.54, 1.807) is 0 Å². The van der Waals surface area contributed by atoms with Crippen LogP contribution >= 0.6 is 17.0 Å². The molecular formula is C35H32Cl2Zr-2. The molecule has 0 amide bonds. The Balaban J connectivity index is 0.000000150. The van der Waals surface area contributed by atoms with Crippen molar-refractivity contribution in [2.45, 2.75) is 26.2 Å². The molecule has 192 valence electrons. The van der Waals surface area contributed by atoms with Gasteiger partial charge in [-0.3, -0.25) is 0 Å². The minimum absolute atomic E-state index is 0.183. The zero-order valence-corrected chi connectivity index (χ0v) is 26.0. The SMILES string of the molecule is CC(C)(C)[c-]1c2ccccc2c2ccccc21.[Cl][Zr]([Cl])=[C](c1ccccc1)c1ccccc1.c1cc[cH-]c1. The normalized spacial score (nSPS) is 10.8. The second-order valence-corrected chi connectivity index (χ2v) is 18.2. The quantitative estimate of drug-likeness (QED) is 0.170. The van der Waals surface area contributed by atoms with Gasteiger partial charge in [-0.05, 0) is 5.41 Å². The molecule has 0 radical (unpaired) electrons. The largest absolute Gasteiger partial charge is 0.214 e. The Labute approximate surface area is 241 Å². The van der Waals surface area contributed by atoms with Gasteiger partial charge < -0.3 is 0 Å². The fourth-order valence-electron chi connectivity index (χ4n) is 4.74. The molecule has 0 heterocycles. The second kappa shape index (κ2) is 13.5. The molecule has 0 nitrogen and oxygen atoms in total. The third-order valence-electron chi connectivity index (χ3n) is 6.30. The van der Waals surface area contributed by atoms with Gasteiger partial charge in [0, 0.05) is 0 Å². The molecule has 0 saturated carbocycles. The number of fused-ring (bicyclic) bond motifs is 3. The van der Waals surface area contributed by atoms with Crippen molar-refractivity contribution >= 4 is 41.8 Å². The average molecular weight is 615 g/mol. The van der Waals surface area contributed by atoms with Crippen molar-refractivity contribution in [3.05, 3.63) is 156 Å². The molecule has 6 aromatic carbocycles. The molecule has 0 aromatic heterocycles. The van der Waals surface area contributed by atoms with Crippen LogP contribution in [-0.2, 0) is 24.3 Å². The topological polar surface area (TPSA) is 0 Å². The second-order valence-electron chi connectivity index (χ2n) is 10.0. The summed E-state index contributed by atoms with van der Waals surface area (Å²) in [5, 5.41) is 5.57. The van der Waals surface area contributed by atoms with Gasteiger partial charge in [-0.25, -0.2) is 12.1 Å². The summed E-state index contributed by atoms with van der Waals surface area (Å²) in [6.45, 7) is 6.88. The van der Waals surface area contributed by atoms with Crippen LogP contribution in [0.1, 0.15) is 37.5 Å². The molecule has 0 aliphatic carbocycles. The summed E-state index contributed by atoms with van der Waals surface area (Å²) in [6, 6.07) is 47.8. The zero-order chi connectivity index (χ0) is 27.0. The van der Waals surface area contributed by atoms with Gasteiger partial charge in [-0.1, -0.05) is 57.2 Å². The van der Waals surface area contributed by atoms with Gasteiger partial charge in [-0.2, -0.15) is 18.2 Å². The van der Waals surface area contributed by atoms with Crippen LogP contribution in [0.4, 0.5) is 0 Å². The van der Waals surface area contributed by atoms with Crippen molar-refractivity contribution < 1.29 is 18.9 Å². The van der Waals surface area contributed by atoms with Crippen molar-refractivity contribution in [1.29, 1.82) is 0 Å². The molecule has 0 aliphatic heterocycles. The van der Waals surface area contributed by atoms with E-state index in [0.29, 0.717) is 0 Å². The van der Waals surface area contributed by atoms with E-state index < -0.39 is 18.9 Å². The van der Waals surface area contributed by atoms with Crippen LogP contribution in [0, 0.1) is 0 Å². The predicted molar refractivity (Wildman–Crippen MR) is 166 cm³/mol. The summed E-state index contributed by atoms with van der Waals surface area (Å²) in [4.78, 5) is 0. The molecular weight excluding hydrogens is 583 g/mol. The molecule has 3 heteroatoms. The molecule has 0 spiro atoms. The van der Waals surface area contributed by atoms with E-state index in [0.717, 1.165) is 14.3 Å². The standard InChI is InChI=1S/C17H17.C13H10.C5H5.2ClH.Zr/c1-17(2,3)16-14-10-6-4-8-12(14)13-9-5-7-11-15(13)16;1-3-7-12(8-4-1)11-13-9-5-2-6-10-13;1-2-4-5-3-1;;;/h4-11H,1-3H3;1-10H;1-5H;2*1H;/q-1;;-1;;;+2/p-2. The Morgan fingerprint density at radius 1 is 0.579 bits per heavy atom. The van der Waals surface area contributed by atoms with E-state index in [2.05, 4.69) is 93.6 Å². The number of rotatable bonds is 2. The van der Waals surface area contributed by atoms with Crippen molar-refractivity contribution in [1.82, 2.24) is 0 Å².